The second kappa shape index (κ2) is 6.22. The fourth-order valence-electron chi connectivity index (χ4n) is 3.48. The Hall–Kier alpha value is -0.940. The van der Waals surface area contributed by atoms with Gasteiger partial charge in [-0.3, -0.25) is 0 Å². The van der Waals surface area contributed by atoms with Crippen molar-refractivity contribution in [2.45, 2.75) is 69.4 Å². The highest BCUT2D eigenvalue weighted by Crippen LogP contribution is 2.37. The topological polar surface area (TPSA) is 60.2 Å². The normalized spacial score (nSPS) is 26.6. The summed E-state index contributed by atoms with van der Waals surface area (Å²) in [6.07, 6.45) is 10.2. The van der Waals surface area contributed by atoms with Gasteiger partial charge in [0.2, 0.25) is 11.7 Å². The van der Waals surface area contributed by atoms with Crippen molar-refractivity contribution in [1.82, 2.24) is 15.5 Å². The van der Waals surface area contributed by atoms with E-state index in [1.54, 1.807) is 7.11 Å². The molecule has 1 saturated carbocycles. The molecule has 1 aromatic heterocycles. The Bertz CT molecular complexity index is 419. The van der Waals surface area contributed by atoms with Gasteiger partial charge in [-0.25, -0.2) is 0 Å². The lowest BCUT2D eigenvalue weighted by Gasteiger charge is -2.27. The fourth-order valence-corrected chi connectivity index (χ4v) is 3.48. The van der Waals surface area contributed by atoms with Gasteiger partial charge in [0.25, 0.3) is 0 Å². The number of methoxy groups -OCH3 is 1. The number of ether oxygens (including phenoxy) is 1. The second-order valence-corrected chi connectivity index (χ2v) is 6.12. The third-order valence-corrected chi connectivity index (χ3v) is 4.76. The third-order valence-electron chi connectivity index (χ3n) is 4.76. The van der Waals surface area contributed by atoms with Gasteiger partial charge in [-0.15, -0.1) is 0 Å². The molecule has 2 fully saturated rings. The average Bonchev–Trinajstić information content (AvgIpc) is 3.08. The van der Waals surface area contributed by atoms with Crippen molar-refractivity contribution in [3.8, 4) is 0 Å². The summed E-state index contributed by atoms with van der Waals surface area (Å²) >= 11 is 0. The van der Waals surface area contributed by atoms with E-state index in [4.69, 9.17) is 9.26 Å². The molecule has 1 unspecified atom stereocenters. The molecule has 2 aliphatic rings. The maximum Gasteiger partial charge on any atom is 0.228 e. The minimum Gasteiger partial charge on any atom is -0.370 e. The summed E-state index contributed by atoms with van der Waals surface area (Å²) in [4.78, 5) is 4.64. The summed E-state index contributed by atoms with van der Waals surface area (Å²) in [5, 5.41) is 7.70. The van der Waals surface area contributed by atoms with Crippen LogP contribution in [-0.2, 0) is 16.8 Å². The Morgan fingerprint density at radius 1 is 1.25 bits per heavy atom. The van der Waals surface area contributed by atoms with E-state index in [2.05, 4.69) is 15.5 Å². The van der Waals surface area contributed by atoms with Gasteiger partial charge in [-0.2, -0.15) is 4.98 Å². The summed E-state index contributed by atoms with van der Waals surface area (Å²) in [7, 11) is 1.78. The van der Waals surface area contributed by atoms with E-state index in [0.717, 1.165) is 37.5 Å². The van der Waals surface area contributed by atoms with E-state index < -0.39 is 0 Å². The van der Waals surface area contributed by atoms with Gasteiger partial charge in [0, 0.05) is 19.6 Å². The predicted molar refractivity (Wildman–Crippen MR) is 75.4 cm³/mol. The van der Waals surface area contributed by atoms with Crippen molar-refractivity contribution in [2.75, 3.05) is 13.7 Å². The van der Waals surface area contributed by atoms with Crippen LogP contribution in [0.25, 0.3) is 0 Å². The molecular formula is C15H25N3O2. The predicted octanol–water partition coefficient (Wildman–Crippen LogP) is 2.56. The first kappa shape index (κ1) is 14.0. The molecule has 20 heavy (non-hydrogen) atoms. The first-order chi connectivity index (χ1) is 9.82. The zero-order valence-corrected chi connectivity index (χ0v) is 12.4. The van der Waals surface area contributed by atoms with Crippen LogP contribution in [0.1, 0.15) is 63.1 Å². The van der Waals surface area contributed by atoms with Gasteiger partial charge < -0.3 is 14.6 Å². The van der Waals surface area contributed by atoms with Crippen molar-refractivity contribution in [3.63, 3.8) is 0 Å². The highest BCUT2D eigenvalue weighted by atomic mass is 16.5. The van der Waals surface area contributed by atoms with E-state index in [1.165, 1.54) is 38.5 Å². The highest BCUT2D eigenvalue weighted by Gasteiger charge is 2.37. The largest absolute Gasteiger partial charge is 0.370 e. The molecule has 0 spiro atoms. The summed E-state index contributed by atoms with van der Waals surface area (Å²) in [6, 6.07) is 0.496. The Morgan fingerprint density at radius 3 is 2.70 bits per heavy atom. The minimum absolute atomic E-state index is 0.318. The molecule has 0 bridgehead atoms. The average molecular weight is 279 g/mol. The summed E-state index contributed by atoms with van der Waals surface area (Å²) in [5.41, 5.74) is -0.318. The Kier molecular flexibility index (Phi) is 4.36. The van der Waals surface area contributed by atoms with E-state index in [0.29, 0.717) is 6.04 Å². The minimum atomic E-state index is -0.318. The summed E-state index contributed by atoms with van der Waals surface area (Å²) in [5.74, 6) is 1.51. The van der Waals surface area contributed by atoms with E-state index in [9.17, 15) is 0 Å². The van der Waals surface area contributed by atoms with Crippen LogP contribution in [0.2, 0.25) is 0 Å². The third kappa shape index (κ3) is 2.88. The number of hydrogen-bond donors (Lipinski definition) is 1. The Labute approximate surface area is 120 Å². The SMILES string of the molecule is COC1(c2noc(CC3CCCN3)n2)CCCCCC1. The number of nitrogens with zero attached hydrogens (tertiary/aromatic N) is 2. The van der Waals surface area contributed by atoms with E-state index >= 15 is 0 Å². The van der Waals surface area contributed by atoms with Crippen LogP contribution < -0.4 is 5.32 Å². The van der Waals surface area contributed by atoms with Crippen LogP contribution in [0.15, 0.2) is 4.52 Å². The molecule has 1 aromatic rings. The Morgan fingerprint density at radius 2 is 2.05 bits per heavy atom. The maximum absolute atomic E-state index is 5.83. The Balaban J connectivity index is 1.72. The van der Waals surface area contributed by atoms with Gasteiger partial charge >= 0.3 is 0 Å². The first-order valence-corrected chi connectivity index (χ1v) is 7.94. The molecule has 1 atom stereocenters. The second-order valence-electron chi connectivity index (χ2n) is 6.12. The molecule has 1 aliphatic carbocycles. The number of aromatic nitrogens is 2. The first-order valence-electron chi connectivity index (χ1n) is 7.94. The van der Waals surface area contributed by atoms with Crippen LogP contribution in [0, 0.1) is 0 Å². The molecular weight excluding hydrogens is 254 g/mol. The maximum atomic E-state index is 5.83. The molecule has 0 aromatic carbocycles. The quantitative estimate of drug-likeness (QED) is 0.858. The summed E-state index contributed by atoms with van der Waals surface area (Å²) in [6.45, 7) is 1.10. The molecule has 2 heterocycles. The lowest BCUT2D eigenvalue weighted by Crippen LogP contribution is -2.29. The molecule has 5 heteroatoms. The fraction of sp³-hybridized carbons (Fsp3) is 0.867. The molecule has 0 radical (unpaired) electrons. The van der Waals surface area contributed by atoms with Crippen LogP contribution >= 0.6 is 0 Å². The molecule has 3 rings (SSSR count). The van der Waals surface area contributed by atoms with Crippen molar-refractivity contribution >= 4 is 0 Å². The smallest absolute Gasteiger partial charge is 0.228 e. The number of nitrogens with one attached hydrogen (secondary N) is 1. The molecule has 112 valence electrons. The molecule has 1 N–H and O–H groups in total. The zero-order chi connectivity index (χ0) is 13.8. The molecule has 0 amide bonds. The molecule has 1 saturated heterocycles. The monoisotopic (exact) mass is 279 g/mol. The van der Waals surface area contributed by atoms with Crippen molar-refractivity contribution in [2.24, 2.45) is 0 Å². The van der Waals surface area contributed by atoms with E-state index in [-0.39, 0.29) is 5.60 Å². The summed E-state index contributed by atoms with van der Waals surface area (Å²) < 4.78 is 11.3. The number of hydrogen-bond acceptors (Lipinski definition) is 5. The molecule has 1 aliphatic heterocycles. The van der Waals surface area contributed by atoms with Crippen LogP contribution in [0.3, 0.4) is 0 Å². The standard InChI is InChI=1S/C15H25N3O2/c1-19-15(8-4-2-3-5-9-15)14-17-13(20-18-14)11-12-7-6-10-16-12/h12,16H,2-11H2,1H3. The zero-order valence-electron chi connectivity index (χ0n) is 12.4. The lowest BCUT2D eigenvalue weighted by molar-refractivity contribution is -0.0365. The van der Waals surface area contributed by atoms with Crippen molar-refractivity contribution in [1.29, 1.82) is 0 Å². The van der Waals surface area contributed by atoms with Gasteiger partial charge in [0.05, 0.1) is 0 Å². The van der Waals surface area contributed by atoms with E-state index in [1.807, 2.05) is 0 Å². The highest BCUT2D eigenvalue weighted by molar-refractivity contribution is 5.03. The van der Waals surface area contributed by atoms with Crippen LogP contribution in [0.5, 0.6) is 0 Å². The molecule has 5 nitrogen and oxygen atoms in total. The van der Waals surface area contributed by atoms with Crippen LogP contribution in [0.4, 0.5) is 0 Å². The number of rotatable bonds is 4. The van der Waals surface area contributed by atoms with Gasteiger partial charge in [0.15, 0.2) is 0 Å². The van der Waals surface area contributed by atoms with Gasteiger partial charge in [-0.1, -0.05) is 30.8 Å². The van der Waals surface area contributed by atoms with Crippen LogP contribution in [-0.4, -0.2) is 29.8 Å². The van der Waals surface area contributed by atoms with Gasteiger partial charge in [-0.05, 0) is 32.2 Å². The van der Waals surface area contributed by atoms with Crippen molar-refractivity contribution in [3.05, 3.63) is 11.7 Å². The van der Waals surface area contributed by atoms with Gasteiger partial charge in [0.1, 0.15) is 5.60 Å². The van der Waals surface area contributed by atoms with Crippen molar-refractivity contribution < 1.29 is 9.26 Å². The lowest BCUT2D eigenvalue weighted by atomic mass is 9.93.